The monoisotopic (exact) mass is 436 g/mol. The first kappa shape index (κ1) is 50.2. The molecule has 0 atom stereocenters. The SMILES string of the molecule is [Cl-].[Cl-].[Cl-].[Cl-].[Cl-].[Cl-].[Ti+4].[Ti+4].c1cc[cH-]c1.c1cc[cH-]c1. The van der Waals surface area contributed by atoms with Crippen LogP contribution in [0.5, 0.6) is 0 Å². The van der Waals surface area contributed by atoms with Gasteiger partial charge in [-0.05, 0) is 0 Å². The van der Waals surface area contributed by atoms with Gasteiger partial charge in [-0.2, -0.15) is 36.4 Å². The molecule has 0 unspecified atom stereocenters. The van der Waals surface area contributed by atoms with Crippen molar-refractivity contribution in [3.63, 3.8) is 0 Å². The van der Waals surface area contributed by atoms with Gasteiger partial charge in [-0.15, -0.1) is 0 Å². The molecule has 0 radical (unpaired) electrons. The van der Waals surface area contributed by atoms with Crippen molar-refractivity contribution in [2.24, 2.45) is 0 Å². The molecule has 2 aromatic rings. The third kappa shape index (κ3) is 36.1. The van der Waals surface area contributed by atoms with E-state index in [-0.39, 0.29) is 118 Å². The average molecular weight is 439 g/mol. The van der Waals surface area contributed by atoms with Gasteiger partial charge in [0.2, 0.25) is 0 Å². The fraction of sp³-hybridized carbons (Fsp3) is 0. The van der Waals surface area contributed by atoms with E-state index < -0.39 is 0 Å². The molecule has 0 aliphatic carbocycles. The molecule has 0 saturated heterocycles. The Hall–Kier alpha value is 1.87. The molecule has 8 heteroatoms. The summed E-state index contributed by atoms with van der Waals surface area (Å²) in [5.74, 6) is 0. The molecule has 0 amide bonds. The quantitative estimate of drug-likeness (QED) is 0.283. The van der Waals surface area contributed by atoms with Gasteiger partial charge in [-0.3, -0.25) is 0 Å². The maximum Gasteiger partial charge on any atom is 4.00 e. The summed E-state index contributed by atoms with van der Waals surface area (Å²) in [5, 5.41) is 0. The largest absolute Gasteiger partial charge is 4.00 e. The third-order valence-corrected chi connectivity index (χ3v) is 1.11. The molecule has 0 spiro atoms. The van der Waals surface area contributed by atoms with Crippen molar-refractivity contribution in [2.45, 2.75) is 0 Å². The summed E-state index contributed by atoms with van der Waals surface area (Å²) < 4.78 is 0. The van der Waals surface area contributed by atoms with Crippen LogP contribution in [0.2, 0.25) is 0 Å². The maximum absolute atomic E-state index is 2.00. The Labute approximate surface area is 176 Å². The van der Waals surface area contributed by atoms with E-state index in [1.807, 2.05) is 60.7 Å². The van der Waals surface area contributed by atoms with Gasteiger partial charge in [0, 0.05) is 0 Å². The molecule has 0 aliphatic rings. The Kier molecular flexibility index (Phi) is 119. The van der Waals surface area contributed by atoms with Crippen molar-refractivity contribution in [3.8, 4) is 0 Å². The molecule has 0 fully saturated rings. The van der Waals surface area contributed by atoms with Gasteiger partial charge in [0.15, 0.2) is 0 Å². The minimum absolute atomic E-state index is 0. The Balaban J connectivity index is -0.0000000128. The minimum atomic E-state index is 0. The van der Waals surface area contributed by atoms with Gasteiger partial charge < -0.3 is 74.4 Å². The standard InChI is InChI=1S/2C5H5.6ClH.2Ti/c2*1-2-4-5-3-1;;;;;;;;/h2*1-5H;6*1H;;/q2*-1;;;;;;;2*+4/p-6. The van der Waals surface area contributed by atoms with E-state index in [0.29, 0.717) is 0 Å². The smallest absolute Gasteiger partial charge is 1.00 e. The molecule has 0 saturated carbocycles. The molecule has 0 heterocycles. The van der Waals surface area contributed by atoms with Crippen molar-refractivity contribution in [1.29, 1.82) is 0 Å². The predicted molar refractivity (Wildman–Crippen MR) is 44.1 cm³/mol. The molecule has 2 aromatic carbocycles. The van der Waals surface area contributed by atoms with Crippen molar-refractivity contribution in [1.82, 2.24) is 0 Å². The normalized spacial score (nSPS) is 4.44. The number of hydrogen-bond donors (Lipinski definition) is 0. The van der Waals surface area contributed by atoms with Gasteiger partial charge in [0.1, 0.15) is 0 Å². The zero-order valence-electron chi connectivity index (χ0n) is 9.04. The van der Waals surface area contributed by atoms with Crippen LogP contribution in [-0.4, -0.2) is 0 Å². The van der Waals surface area contributed by atoms with Crippen LogP contribution in [0.3, 0.4) is 0 Å². The summed E-state index contributed by atoms with van der Waals surface area (Å²) in [4.78, 5) is 0. The predicted octanol–water partition coefficient (Wildman–Crippen LogP) is -15.2. The second-order valence-corrected chi connectivity index (χ2v) is 1.92. The Bertz CT molecular complexity index is 164. The van der Waals surface area contributed by atoms with E-state index in [1.54, 1.807) is 0 Å². The van der Waals surface area contributed by atoms with Gasteiger partial charge in [-0.25, -0.2) is 24.3 Å². The van der Waals surface area contributed by atoms with Crippen LogP contribution in [-0.2, 0) is 43.4 Å². The first-order valence-electron chi connectivity index (χ1n) is 3.33. The maximum atomic E-state index is 2.00. The van der Waals surface area contributed by atoms with E-state index >= 15 is 0 Å². The molecule has 18 heavy (non-hydrogen) atoms. The second-order valence-electron chi connectivity index (χ2n) is 1.92. The molecular weight excluding hydrogens is 429 g/mol. The molecule has 2 rings (SSSR count). The summed E-state index contributed by atoms with van der Waals surface area (Å²) in [6.07, 6.45) is 0. The molecule has 0 nitrogen and oxygen atoms in total. The van der Waals surface area contributed by atoms with Crippen molar-refractivity contribution in [3.05, 3.63) is 60.7 Å². The van der Waals surface area contributed by atoms with Gasteiger partial charge >= 0.3 is 43.4 Å². The summed E-state index contributed by atoms with van der Waals surface area (Å²) >= 11 is 0. The Morgan fingerprint density at radius 3 is 0.611 bits per heavy atom. The molecule has 0 N–H and O–H groups in total. The number of halogens is 6. The molecule has 100 valence electrons. The Morgan fingerprint density at radius 1 is 0.389 bits per heavy atom. The Morgan fingerprint density at radius 2 is 0.556 bits per heavy atom. The van der Waals surface area contributed by atoms with E-state index in [2.05, 4.69) is 0 Å². The van der Waals surface area contributed by atoms with E-state index in [0.717, 1.165) is 0 Å². The fourth-order valence-corrected chi connectivity index (χ4v) is 0.642. The number of hydrogen-bond acceptors (Lipinski definition) is 0. The topological polar surface area (TPSA) is 0 Å². The third-order valence-electron chi connectivity index (χ3n) is 1.11. The van der Waals surface area contributed by atoms with E-state index in [9.17, 15) is 0 Å². The van der Waals surface area contributed by atoms with Crippen LogP contribution >= 0.6 is 0 Å². The van der Waals surface area contributed by atoms with Crippen LogP contribution in [0.25, 0.3) is 0 Å². The number of rotatable bonds is 0. The van der Waals surface area contributed by atoms with Crippen molar-refractivity contribution < 1.29 is 118 Å². The molecular formula is C10H10Cl6Ti2. The summed E-state index contributed by atoms with van der Waals surface area (Å²) in [5.41, 5.74) is 0. The summed E-state index contributed by atoms with van der Waals surface area (Å²) in [7, 11) is 0. The molecule has 0 aromatic heterocycles. The summed E-state index contributed by atoms with van der Waals surface area (Å²) in [6.45, 7) is 0. The minimum Gasteiger partial charge on any atom is -1.00 e. The molecule has 0 bridgehead atoms. The zero-order valence-corrected chi connectivity index (χ0v) is 16.7. The van der Waals surface area contributed by atoms with Crippen molar-refractivity contribution >= 4 is 0 Å². The zero-order chi connectivity index (χ0) is 7.07. The van der Waals surface area contributed by atoms with Crippen LogP contribution in [0.4, 0.5) is 0 Å². The summed E-state index contributed by atoms with van der Waals surface area (Å²) in [6, 6.07) is 20.0. The van der Waals surface area contributed by atoms with Crippen LogP contribution in [0.1, 0.15) is 0 Å². The second kappa shape index (κ2) is 42.8. The van der Waals surface area contributed by atoms with Crippen LogP contribution < -0.4 is 74.4 Å². The van der Waals surface area contributed by atoms with E-state index in [4.69, 9.17) is 0 Å². The van der Waals surface area contributed by atoms with Gasteiger partial charge in [0.25, 0.3) is 0 Å². The van der Waals surface area contributed by atoms with Gasteiger partial charge in [0.05, 0.1) is 0 Å². The average Bonchev–Trinajstić information content (AvgIpc) is 2.67. The first-order chi connectivity index (χ1) is 5.00. The molecule has 0 aliphatic heterocycles. The van der Waals surface area contributed by atoms with Crippen molar-refractivity contribution in [2.75, 3.05) is 0 Å². The first-order valence-corrected chi connectivity index (χ1v) is 3.33. The van der Waals surface area contributed by atoms with Gasteiger partial charge in [-0.1, -0.05) is 0 Å². The van der Waals surface area contributed by atoms with E-state index in [1.165, 1.54) is 0 Å². The fourth-order valence-electron chi connectivity index (χ4n) is 0.642. The van der Waals surface area contributed by atoms with Crippen LogP contribution in [0.15, 0.2) is 60.7 Å². The van der Waals surface area contributed by atoms with Crippen LogP contribution in [0, 0.1) is 0 Å².